The van der Waals surface area contributed by atoms with Gasteiger partial charge in [-0.15, -0.1) is 0 Å². The van der Waals surface area contributed by atoms with Crippen molar-refractivity contribution in [3.63, 3.8) is 0 Å². The second-order valence-corrected chi connectivity index (χ2v) is 5.20. The molecule has 0 spiro atoms. The molecule has 1 aliphatic rings. The van der Waals surface area contributed by atoms with Crippen LogP contribution in [-0.2, 0) is 0 Å². The Balaban J connectivity index is 2.35. The lowest BCUT2D eigenvalue weighted by Crippen LogP contribution is -2.23. The number of para-hydroxylation sites is 1. The van der Waals surface area contributed by atoms with E-state index in [9.17, 15) is 0 Å². The van der Waals surface area contributed by atoms with Gasteiger partial charge in [0.15, 0.2) is 5.17 Å². The molecule has 1 fully saturated rings. The Bertz CT molecular complexity index is 397. The highest BCUT2D eigenvalue weighted by atomic mass is 35.5. The first kappa shape index (κ1) is 11.8. The van der Waals surface area contributed by atoms with Crippen molar-refractivity contribution < 1.29 is 0 Å². The molecule has 4 heteroatoms. The molecule has 1 aliphatic heterocycles. The molecule has 0 amide bonds. The van der Waals surface area contributed by atoms with Crippen molar-refractivity contribution >= 4 is 34.2 Å². The number of halogens is 1. The second kappa shape index (κ2) is 5.11. The minimum atomic E-state index is 0.732. The molecular weight excluding hydrogens is 240 g/mol. The average Bonchev–Trinajstić information content (AvgIpc) is 2.71. The first-order valence-electron chi connectivity index (χ1n) is 5.44. The number of hydrogen-bond donors (Lipinski definition) is 0. The first-order chi connectivity index (χ1) is 7.72. The van der Waals surface area contributed by atoms with Crippen LogP contribution in [0.25, 0.3) is 0 Å². The lowest BCUT2D eigenvalue weighted by molar-refractivity contribution is 0.489. The fourth-order valence-electron chi connectivity index (χ4n) is 1.69. The van der Waals surface area contributed by atoms with Gasteiger partial charge in [-0.3, -0.25) is 0 Å². The molecule has 0 aliphatic carbocycles. The van der Waals surface area contributed by atoms with E-state index in [4.69, 9.17) is 11.6 Å². The SMILES string of the molecule is CCN1CCSC1=Nc1c(C)cccc1Cl. The lowest BCUT2D eigenvalue weighted by atomic mass is 10.2. The highest BCUT2D eigenvalue weighted by Gasteiger charge is 2.18. The molecule has 0 unspecified atom stereocenters. The molecule has 86 valence electrons. The van der Waals surface area contributed by atoms with Crippen molar-refractivity contribution in [3.8, 4) is 0 Å². The molecule has 2 nitrogen and oxygen atoms in total. The van der Waals surface area contributed by atoms with Crippen molar-refractivity contribution in [2.75, 3.05) is 18.8 Å². The van der Waals surface area contributed by atoms with Gasteiger partial charge in [0.2, 0.25) is 0 Å². The summed E-state index contributed by atoms with van der Waals surface area (Å²) in [6, 6.07) is 5.89. The van der Waals surface area contributed by atoms with Crippen LogP contribution in [0.15, 0.2) is 23.2 Å². The van der Waals surface area contributed by atoms with E-state index in [1.807, 2.05) is 25.1 Å². The molecule has 1 heterocycles. The second-order valence-electron chi connectivity index (χ2n) is 3.73. The van der Waals surface area contributed by atoms with E-state index in [0.29, 0.717) is 0 Å². The van der Waals surface area contributed by atoms with E-state index in [-0.39, 0.29) is 0 Å². The molecule has 0 saturated carbocycles. The largest absolute Gasteiger partial charge is 0.351 e. The first-order valence-corrected chi connectivity index (χ1v) is 6.80. The van der Waals surface area contributed by atoms with Gasteiger partial charge in [-0.1, -0.05) is 35.5 Å². The Morgan fingerprint density at radius 1 is 1.50 bits per heavy atom. The van der Waals surface area contributed by atoms with Crippen LogP contribution in [0, 0.1) is 6.92 Å². The monoisotopic (exact) mass is 254 g/mol. The number of rotatable bonds is 2. The van der Waals surface area contributed by atoms with Crippen LogP contribution in [0.3, 0.4) is 0 Å². The summed E-state index contributed by atoms with van der Waals surface area (Å²) in [5.41, 5.74) is 2.04. The number of amidine groups is 1. The predicted octanol–water partition coefficient (Wildman–Crippen LogP) is 3.70. The fraction of sp³-hybridized carbons (Fsp3) is 0.417. The van der Waals surface area contributed by atoms with Gasteiger partial charge in [0.25, 0.3) is 0 Å². The summed E-state index contributed by atoms with van der Waals surface area (Å²) in [5.74, 6) is 1.12. The fourth-order valence-corrected chi connectivity index (χ4v) is 3.01. The maximum absolute atomic E-state index is 6.16. The highest BCUT2D eigenvalue weighted by molar-refractivity contribution is 8.14. The van der Waals surface area contributed by atoms with Crippen molar-refractivity contribution in [3.05, 3.63) is 28.8 Å². The molecule has 1 aromatic carbocycles. The van der Waals surface area contributed by atoms with Crippen molar-refractivity contribution in [1.82, 2.24) is 4.90 Å². The van der Waals surface area contributed by atoms with Crippen LogP contribution >= 0.6 is 23.4 Å². The molecule has 1 saturated heterocycles. The quantitative estimate of drug-likeness (QED) is 0.800. The lowest BCUT2D eigenvalue weighted by Gasteiger charge is -2.15. The zero-order valence-electron chi connectivity index (χ0n) is 9.53. The van der Waals surface area contributed by atoms with Crippen LogP contribution in [0.2, 0.25) is 5.02 Å². The van der Waals surface area contributed by atoms with Crippen LogP contribution in [-0.4, -0.2) is 28.9 Å². The molecule has 1 aromatic rings. The number of benzene rings is 1. The van der Waals surface area contributed by atoms with Crippen molar-refractivity contribution in [1.29, 1.82) is 0 Å². The number of aliphatic imine (C=N–C) groups is 1. The van der Waals surface area contributed by atoms with Gasteiger partial charge >= 0.3 is 0 Å². The van der Waals surface area contributed by atoms with Crippen molar-refractivity contribution in [2.24, 2.45) is 4.99 Å². The summed E-state index contributed by atoms with van der Waals surface area (Å²) in [6.07, 6.45) is 0. The van der Waals surface area contributed by atoms with Crippen LogP contribution in [0.5, 0.6) is 0 Å². The smallest absolute Gasteiger partial charge is 0.164 e. The molecule has 16 heavy (non-hydrogen) atoms. The summed E-state index contributed by atoms with van der Waals surface area (Å²) in [7, 11) is 0. The maximum Gasteiger partial charge on any atom is 0.164 e. The highest BCUT2D eigenvalue weighted by Crippen LogP contribution is 2.31. The van der Waals surface area contributed by atoms with E-state index in [1.54, 1.807) is 11.8 Å². The van der Waals surface area contributed by atoms with Crippen molar-refractivity contribution in [2.45, 2.75) is 13.8 Å². The van der Waals surface area contributed by atoms with E-state index in [1.165, 1.54) is 0 Å². The van der Waals surface area contributed by atoms with Crippen LogP contribution in [0.4, 0.5) is 5.69 Å². The van der Waals surface area contributed by atoms with Gasteiger partial charge in [0, 0.05) is 18.8 Å². The van der Waals surface area contributed by atoms with E-state index >= 15 is 0 Å². The van der Waals surface area contributed by atoms with E-state index in [0.717, 1.165) is 40.3 Å². The normalized spacial score (nSPS) is 18.4. The molecule has 2 rings (SSSR count). The summed E-state index contributed by atoms with van der Waals surface area (Å²) in [5, 5.41) is 1.83. The molecule has 0 radical (unpaired) electrons. The standard InChI is InChI=1S/C12H15ClN2S/c1-3-15-7-8-16-12(15)14-11-9(2)5-4-6-10(11)13/h4-6H,3,7-8H2,1-2H3. The zero-order valence-corrected chi connectivity index (χ0v) is 11.1. The minimum Gasteiger partial charge on any atom is -0.351 e. The average molecular weight is 255 g/mol. The van der Waals surface area contributed by atoms with E-state index in [2.05, 4.69) is 16.8 Å². The number of nitrogens with zero attached hydrogens (tertiary/aromatic N) is 2. The third-order valence-electron chi connectivity index (χ3n) is 2.64. The Hall–Kier alpha value is -0.670. The third-order valence-corrected chi connectivity index (χ3v) is 3.94. The minimum absolute atomic E-state index is 0.732. The number of hydrogen-bond acceptors (Lipinski definition) is 2. The molecule has 0 bridgehead atoms. The third kappa shape index (κ3) is 2.36. The maximum atomic E-state index is 6.16. The van der Waals surface area contributed by atoms with Gasteiger partial charge in [-0.2, -0.15) is 0 Å². The summed E-state index contributed by atoms with van der Waals surface area (Å²) >= 11 is 7.97. The van der Waals surface area contributed by atoms with Crippen LogP contribution in [0.1, 0.15) is 12.5 Å². The zero-order chi connectivity index (χ0) is 11.5. The molecular formula is C12H15ClN2S. The van der Waals surface area contributed by atoms with Gasteiger partial charge in [0.05, 0.1) is 10.7 Å². The summed E-state index contributed by atoms with van der Waals surface area (Å²) in [6.45, 7) is 6.29. The van der Waals surface area contributed by atoms with Gasteiger partial charge in [-0.05, 0) is 25.5 Å². The van der Waals surface area contributed by atoms with E-state index < -0.39 is 0 Å². The van der Waals surface area contributed by atoms with Crippen LogP contribution < -0.4 is 0 Å². The summed E-state index contributed by atoms with van der Waals surface area (Å²) in [4.78, 5) is 6.97. The summed E-state index contributed by atoms with van der Waals surface area (Å²) < 4.78 is 0. The Labute approximate surface area is 106 Å². The Morgan fingerprint density at radius 2 is 2.31 bits per heavy atom. The molecule has 0 N–H and O–H groups in total. The molecule has 0 atom stereocenters. The number of thioether (sulfide) groups is 1. The Morgan fingerprint density at radius 3 is 3.00 bits per heavy atom. The van der Waals surface area contributed by atoms with Gasteiger partial charge in [0.1, 0.15) is 0 Å². The number of aryl methyl sites for hydroxylation is 1. The van der Waals surface area contributed by atoms with Gasteiger partial charge < -0.3 is 4.90 Å². The van der Waals surface area contributed by atoms with Gasteiger partial charge in [-0.25, -0.2) is 4.99 Å². The topological polar surface area (TPSA) is 15.6 Å². The Kier molecular flexibility index (Phi) is 3.77. The molecule has 0 aromatic heterocycles. The predicted molar refractivity (Wildman–Crippen MR) is 73.0 cm³/mol.